The lowest BCUT2D eigenvalue weighted by Gasteiger charge is -2.33. The molecule has 1 saturated heterocycles. The average Bonchev–Trinajstić information content (AvgIpc) is 2.75. The Morgan fingerprint density at radius 1 is 1.14 bits per heavy atom. The van der Waals surface area contributed by atoms with Crippen molar-refractivity contribution in [3.63, 3.8) is 0 Å². The lowest BCUT2D eigenvalue weighted by molar-refractivity contribution is -0.115. The summed E-state index contributed by atoms with van der Waals surface area (Å²) in [5, 5.41) is 0. The summed E-state index contributed by atoms with van der Waals surface area (Å²) in [4.78, 5) is 20.9. The molecule has 152 valence electrons. The molecule has 0 radical (unpaired) electrons. The molecule has 0 N–H and O–H groups in total. The van der Waals surface area contributed by atoms with E-state index in [1.165, 1.54) is 24.6 Å². The maximum Gasteiger partial charge on any atom is 0.242 e. The van der Waals surface area contributed by atoms with Crippen molar-refractivity contribution < 1.29 is 4.79 Å². The van der Waals surface area contributed by atoms with Gasteiger partial charge < -0.3 is 4.90 Å². The Kier molecular flexibility index (Phi) is 6.79. The van der Waals surface area contributed by atoms with E-state index in [9.17, 15) is 4.79 Å². The molecule has 0 spiro atoms. The smallest absolute Gasteiger partial charge is 0.242 e. The molecule has 0 bridgehead atoms. The van der Waals surface area contributed by atoms with Crippen LogP contribution < -0.4 is 4.90 Å². The first kappa shape index (κ1) is 21.1. The second kappa shape index (κ2) is 9.33. The largest absolute Gasteiger partial charge is 0.357 e. The van der Waals surface area contributed by atoms with E-state index in [0.29, 0.717) is 5.75 Å². The molecule has 2 aliphatic heterocycles. The zero-order valence-corrected chi connectivity index (χ0v) is 19.9. The highest BCUT2D eigenvalue weighted by Gasteiger charge is 2.29. The lowest BCUT2D eigenvalue weighted by atomic mass is 10.00. The van der Waals surface area contributed by atoms with Crippen LogP contribution in [0.4, 0.5) is 11.4 Å². The third-order valence-electron chi connectivity index (χ3n) is 5.34. The third-order valence-corrected chi connectivity index (χ3v) is 8.71. The third kappa shape index (κ3) is 4.63. The zero-order chi connectivity index (χ0) is 20.4. The molecule has 1 fully saturated rings. The van der Waals surface area contributed by atoms with Crippen molar-refractivity contribution >= 4 is 69.1 Å². The minimum Gasteiger partial charge on any atom is -0.357 e. The van der Waals surface area contributed by atoms with Crippen LogP contribution in [0, 0.1) is 5.92 Å². The summed E-state index contributed by atoms with van der Waals surface area (Å²) in [6, 6.07) is 14.5. The van der Waals surface area contributed by atoms with Crippen molar-refractivity contribution in [2.45, 2.75) is 34.5 Å². The van der Waals surface area contributed by atoms with E-state index in [2.05, 4.69) is 42.3 Å². The Bertz CT molecular complexity index is 925. The molecule has 0 atom stereocenters. The molecule has 1 amide bonds. The Hall–Kier alpha value is -1.15. The minimum atomic E-state index is 0.0787. The van der Waals surface area contributed by atoms with Crippen LogP contribution >= 0.6 is 47.5 Å². The summed E-state index contributed by atoms with van der Waals surface area (Å²) in [5.41, 5.74) is 1.94. The van der Waals surface area contributed by atoms with E-state index in [1.807, 2.05) is 23.1 Å². The van der Waals surface area contributed by atoms with Crippen molar-refractivity contribution in [3.05, 3.63) is 42.5 Å². The van der Waals surface area contributed by atoms with Crippen LogP contribution in [0.2, 0.25) is 0 Å². The maximum atomic E-state index is 13.4. The molecule has 0 unspecified atom stereocenters. The number of anilines is 2. The van der Waals surface area contributed by atoms with E-state index in [-0.39, 0.29) is 5.91 Å². The number of benzene rings is 2. The number of thiocarbonyl (C=S) groups is 1. The number of hydrogen-bond donors (Lipinski definition) is 0. The Morgan fingerprint density at radius 3 is 2.62 bits per heavy atom. The van der Waals surface area contributed by atoms with Crippen LogP contribution in [-0.2, 0) is 4.79 Å². The highest BCUT2D eigenvalue weighted by atomic mass is 32.2. The number of amides is 1. The standard InChI is InChI=1S/C22H24N2OS4/c1-15-9-11-23(12-10-15)22(26)28-14-21(25)24-17-5-3-4-6-19(17)29-20-8-7-16(27-2)13-18(20)24/h3-8,13,15H,9-12,14H2,1-2H3. The van der Waals surface area contributed by atoms with E-state index in [1.54, 1.807) is 23.5 Å². The predicted molar refractivity (Wildman–Crippen MR) is 131 cm³/mol. The van der Waals surface area contributed by atoms with Gasteiger partial charge in [0.05, 0.1) is 17.1 Å². The summed E-state index contributed by atoms with van der Waals surface area (Å²) in [5.74, 6) is 1.20. The van der Waals surface area contributed by atoms with Gasteiger partial charge in [-0.15, -0.1) is 11.8 Å². The number of nitrogens with zero attached hydrogens (tertiary/aromatic N) is 2. The predicted octanol–water partition coefficient (Wildman–Crippen LogP) is 6.29. The monoisotopic (exact) mass is 460 g/mol. The molecule has 29 heavy (non-hydrogen) atoms. The van der Waals surface area contributed by atoms with E-state index >= 15 is 0 Å². The number of likely N-dealkylation sites (tertiary alicyclic amines) is 1. The first-order chi connectivity index (χ1) is 14.1. The summed E-state index contributed by atoms with van der Waals surface area (Å²) in [6.07, 6.45) is 4.41. The van der Waals surface area contributed by atoms with Gasteiger partial charge in [-0.3, -0.25) is 9.69 Å². The average molecular weight is 461 g/mol. The van der Waals surface area contributed by atoms with Crippen molar-refractivity contribution in [2.75, 3.05) is 30.0 Å². The van der Waals surface area contributed by atoms with Crippen LogP contribution in [0.1, 0.15) is 19.8 Å². The SMILES string of the molecule is CSc1ccc2c(c1)N(C(=O)CSC(=S)N1CCC(C)CC1)c1ccccc1S2. The van der Waals surface area contributed by atoms with Gasteiger partial charge in [0.2, 0.25) is 5.91 Å². The van der Waals surface area contributed by atoms with Gasteiger partial charge >= 0.3 is 0 Å². The number of fused-ring (bicyclic) bond motifs is 2. The van der Waals surface area contributed by atoms with Crippen molar-refractivity contribution in [2.24, 2.45) is 5.92 Å². The molecular weight excluding hydrogens is 437 g/mol. The van der Waals surface area contributed by atoms with Crippen LogP contribution in [0.15, 0.2) is 57.2 Å². The molecule has 4 rings (SSSR count). The van der Waals surface area contributed by atoms with Crippen LogP contribution in [-0.4, -0.2) is 40.2 Å². The molecule has 2 aromatic carbocycles. The van der Waals surface area contributed by atoms with Gasteiger partial charge in [-0.1, -0.05) is 54.8 Å². The molecule has 0 aliphatic carbocycles. The van der Waals surface area contributed by atoms with Crippen molar-refractivity contribution in [3.8, 4) is 0 Å². The molecule has 2 aromatic rings. The summed E-state index contributed by atoms with van der Waals surface area (Å²) in [6.45, 7) is 4.30. The van der Waals surface area contributed by atoms with Gasteiger partial charge in [0.1, 0.15) is 4.32 Å². The van der Waals surface area contributed by atoms with Gasteiger partial charge in [-0.2, -0.15) is 0 Å². The number of hydrogen-bond acceptors (Lipinski definition) is 5. The lowest BCUT2D eigenvalue weighted by Crippen LogP contribution is -2.36. The Balaban J connectivity index is 1.54. The van der Waals surface area contributed by atoms with Gasteiger partial charge in [-0.25, -0.2) is 0 Å². The zero-order valence-electron chi connectivity index (χ0n) is 16.6. The van der Waals surface area contributed by atoms with Crippen LogP contribution in [0.5, 0.6) is 0 Å². The normalized spacial score (nSPS) is 16.3. The van der Waals surface area contributed by atoms with E-state index in [0.717, 1.165) is 49.4 Å². The number of thioether (sulfide) groups is 2. The van der Waals surface area contributed by atoms with Crippen LogP contribution in [0.25, 0.3) is 0 Å². The number of carbonyl (C=O) groups is 1. The number of piperidine rings is 1. The first-order valence-electron chi connectivity index (χ1n) is 9.76. The first-order valence-corrected chi connectivity index (χ1v) is 13.2. The maximum absolute atomic E-state index is 13.4. The quantitative estimate of drug-likeness (QED) is 0.394. The minimum absolute atomic E-state index is 0.0787. The molecule has 7 heteroatoms. The van der Waals surface area contributed by atoms with Crippen LogP contribution in [0.3, 0.4) is 0 Å². The van der Waals surface area contributed by atoms with E-state index < -0.39 is 0 Å². The number of rotatable bonds is 3. The van der Waals surface area contributed by atoms with E-state index in [4.69, 9.17) is 12.2 Å². The highest BCUT2D eigenvalue weighted by molar-refractivity contribution is 8.23. The van der Waals surface area contributed by atoms with Gasteiger partial charge in [-0.05, 0) is 55.3 Å². The molecule has 2 heterocycles. The molecule has 0 aromatic heterocycles. The molecule has 2 aliphatic rings. The Labute approximate surface area is 191 Å². The summed E-state index contributed by atoms with van der Waals surface area (Å²) in [7, 11) is 0. The molecular formula is C22H24N2OS4. The number of carbonyl (C=O) groups excluding carboxylic acids is 1. The fourth-order valence-electron chi connectivity index (χ4n) is 3.60. The molecule has 3 nitrogen and oxygen atoms in total. The van der Waals surface area contributed by atoms with Gasteiger partial charge in [0, 0.05) is 27.8 Å². The summed E-state index contributed by atoms with van der Waals surface area (Å²) >= 11 is 10.6. The second-order valence-corrected chi connectivity index (χ2v) is 10.9. The summed E-state index contributed by atoms with van der Waals surface area (Å²) < 4.78 is 0.850. The number of para-hydroxylation sites is 1. The van der Waals surface area contributed by atoms with Crippen molar-refractivity contribution in [1.82, 2.24) is 4.90 Å². The Morgan fingerprint density at radius 2 is 1.86 bits per heavy atom. The topological polar surface area (TPSA) is 23.6 Å². The molecule has 0 saturated carbocycles. The second-order valence-electron chi connectivity index (χ2n) is 7.36. The highest BCUT2D eigenvalue weighted by Crippen LogP contribution is 2.49. The fourth-order valence-corrected chi connectivity index (χ4v) is 6.17. The van der Waals surface area contributed by atoms with Gasteiger partial charge in [0.15, 0.2) is 0 Å². The van der Waals surface area contributed by atoms with Gasteiger partial charge in [0.25, 0.3) is 0 Å². The van der Waals surface area contributed by atoms with Crippen molar-refractivity contribution in [1.29, 1.82) is 0 Å². The fraction of sp³-hybridized carbons (Fsp3) is 0.364.